The molecular formula is C21H43O. The third-order valence-corrected chi connectivity index (χ3v) is 5.18. The number of rotatable bonds is 16. The summed E-state index contributed by atoms with van der Waals surface area (Å²) in [5.41, 5.74) is -0.753. The zero-order chi connectivity index (χ0) is 16.7. The summed E-state index contributed by atoms with van der Waals surface area (Å²) in [6.45, 7) is 8.03. The van der Waals surface area contributed by atoms with Crippen molar-refractivity contribution in [1.82, 2.24) is 0 Å². The summed E-state index contributed by atoms with van der Waals surface area (Å²) in [7, 11) is 0. The second kappa shape index (κ2) is 14.5. The van der Waals surface area contributed by atoms with Crippen molar-refractivity contribution in [2.24, 2.45) is 5.92 Å². The summed E-state index contributed by atoms with van der Waals surface area (Å²) in [5, 5.41) is 11.8. The lowest BCUT2D eigenvalue weighted by Gasteiger charge is -2.23. The second-order valence-corrected chi connectivity index (χ2v) is 7.89. The molecule has 0 aliphatic carbocycles. The quantitative estimate of drug-likeness (QED) is 0.260. The van der Waals surface area contributed by atoms with Crippen LogP contribution in [0.15, 0.2) is 0 Å². The summed E-state index contributed by atoms with van der Waals surface area (Å²) < 4.78 is 0. The van der Waals surface area contributed by atoms with Gasteiger partial charge in [-0.15, -0.1) is 0 Å². The fraction of sp³-hybridized carbons (Fsp3) is 1.00. The molecule has 0 amide bonds. The van der Waals surface area contributed by atoms with E-state index in [0.717, 1.165) is 6.42 Å². The summed E-state index contributed by atoms with van der Waals surface area (Å²) in [4.78, 5) is 0. The molecule has 133 valence electrons. The Balaban J connectivity index is 3.12. The van der Waals surface area contributed by atoms with E-state index < -0.39 is 5.60 Å². The molecule has 1 atom stereocenters. The molecule has 0 aliphatic heterocycles. The minimum Gasteiger partial charge on any atom is -0.230 e. The first-order valence-electron chi connectivity index (χ1n) is 10.2. The van der Waals surface area contributed by atoms with Crippen molar-refractivity contribution >= 4 is 0 Å². The third-order valence-electron chi connectivity index (χ3n) is 5.18. The predicted octanol–water partition coefficient (Wildman–Crippen LogP) is 7.70. The highest BCUT2D eigenvalue weighted by Gasteiger charge is 2.23. The van der Waals surface area contributed by atoms with E-state index in [-0.39, 0.29) is 0 Å². The Morgan fingerprint density at radius 2 is 0.955 bits per heavy atom. The van der Waals surface area contributed by atoms with Gasteiger partial charge in [0.2, 0.25) is 0 Å². The van der Waals surface area contributed by atoms with Crippen molar-refractivity contribution in [3.8, 4) is 0 Å². The fourth-order valence-electron chi connectivity index (χ4n) is 2.99. The van der Waals surface area contributed by atoms with Crippen molar-refractivity contribution < 1.29 is 5.11 Å². The lowest BCUT2D eigenvalue weighted by atomic mass is 9.88. The molecule has 0 aromatic carbocycles. The summed E-state index contributed by atoms with van der Waals surface area (Å²) >= 11 is 0. The van der Waals surface area contributed by atoms with E-state index in [4.69, 9.17) is 0 Å². The van der Waals surface area contributed by atoms with Crippen LogP contribution in [0, 0.1) is 5.92 Å². The lowest BCUT2D eigenvalue weighted by molar-refractivity contribution is -0.0440. The molecule has 1 nitrogen and oxygen atoms in total. The van der Waals surface area contributed by atoms with E-state index in [1.54, 1.807) is 0 Å². The van der Waals surface area contributed by atoms with Crippen molar-refractivity contribution in [2.45, 2.75) is 130 Å². The zero-order valence-electron chi connectivity index (χ0n) is 16.1. The Morgan fingerprint density at radius 3 is 1.27 bits per heavy atom. The van der Waals surface area contributed by atoms with Gasteiger partial charge in [-0.3, -0.25) is 0 Å². The Morgan fingerprint density at radius 1 is 0.636 bits per heavy atom. The molecule has 0 fully saturated rings. The first-order chi connectivity index (χ1) is 10.5. The monoisotopic (exact) mass is 311 g/mol. The van der Waals surface area contributed by atoms with E-state index in [9.17, 15) is 5.11 Å². The molecule has 0 saturated carbocycles. The Bertz CT molecular complexity index is 216. The molecule has 0 rings (SSSR count). The normalized spacial score (nSPS) is 13.5. The van der Waals surface area contributed by atoms with Crippen LogP contribution in [0.3, 0.4) is 0 Å². The standard InChI is InChI=1S/C21H43O/c1-5-6-7-8-9-10-11-12-13-14-15-16-17-18-19-20(2)21(3,4)22/h20H,5-19H2,1-4H3. The Kier molecular flexibility index (Phi) is 14.5. The van der Waals surface area contributed by atoms with Crippen molar-refractivity contribution in [1.29, 1.82) is 0 Å². The Hall–Kier alpha value is -0.0400. The van der Waals surface area contributed by atoms with Crippen LogP contribution in [0.5, 0.6) is 0 Å². The average molecular weight is 312 g/mol. The SMILES string of the molecule is CCCCCCCCCCCCCCCCC(C)C(C)(C)[O]. The zero-order valence-corrected chi connectivity index (χ0v) is 16.1. The van der Waals surface area contributed by atoms with Crippen LogP contribution in [0.25, 0.3) is 0 Å². The highest BCUT2D eigenvalue weighted by molar-refractivity contribution is 4.72. The molecule has 1 unspecified atom stereocenters. The third kappa shape index (κ3) is 14.9. The fourth-order valence-corrected chi connectivity index (χ4v) is 2.99. The van der Waals surface area contributed by atoms with Crippen molar-refractivity contribution in [2.75, 3.05) is 0 Å². The molecule has 0 aromatic heterocycles. The van der Waals surface area contributed by atoms with Gasteiger partial charge >= 0.3 is 0 Å². The topological polar surface area (TPSA) is 19.9 Å². The second-order valence-electron chi connectivity index (χ2n) is 7.89. The maximum Gasteiger partial charge on any atom is 0.101 e. The lowest BCUT2D eigenvalue weighted by Crippen LogP contribution is -2.26. The minimum atomic E-state index is -0.753. The van der Waals surface area contributed by atoms with Crippen LogP contribution in [0.4, 0.5) is 0 Å². The molecule has 0 saturated heterocycles. The van der Waals surface area contributed by atoms with Crippen LogP contribution < -0.4 is 0 Å². The smallest absolute Gasteiger partial charge is 0.101 e. The highest BCUT2D eigenvalue weighted by atomic mass is 16.3. The average Bonchev–Trinajstić information content (AvgIpc) is 2.46. The van der Waals surface area contributed by atoms with Crippen molar-refractivity contribution in [3.05, 3.63) is 0 Å². The van der Waals surface area contributed by atoms with Crippen LogP contribution in [-0.2, 0) is 5.11 Å². The summed E-state index contributed by atoms with van der Waals surface area (Å²) in [6, 6.07) is 0. The summed E-state index contributed by atoms with van der Waals surface area (Å²) in [5.74, 6) is 0.310. The molecule has 0 spiro atoms. The van der Waals surface area contributed by atoms with Crippen LogP contribution in [0.1, 0.15) is 124 Å². The van der Waals surface area contributed by atoms with Gasteiger partial charge in [-0.2, -0.15) is 0 Å². The van der Waals surface area contributed by atoms with Gasteiger partial charge in [0, 0.05) is 0 Å². The van der Waals surface area contributed by atoms with Gasteiger partial charge < -0.3 is 0 Å². The first kappa shape index (κ1) is 22.0. The number of unbranched alkanes of at least 4 members (excludes halogenated alkanes) is 13. The molecule has 1 radical (unpaired) electrons. The van der Waals surface area contributed by atoms with Gasteiger partial charge in [0.15, 0.2) is 0 Å². The largest absolute Gasteiger partial charge is 0.230 e. The molecule has 1 heteroatoms. The van der Waals surface area contributed by atoms with Crippen LogP contribution >= 0.6 is 0 Å². The highest BCUT2D eigenvalue weighted by Crippen LogP contribution is 2.23. The van der Waals surface area contributed by atoms with Gasteiger partial charge in [0.1, 0.15) is 5.60 Å². The molecule has 0 aromatic rings. The molecule has 22 heavy (non-hydrogen) atoms. The van der Waals surface area contributed by atoms with Gasteiger partial charge in [-0.1, -0.05) is 104 Å². The first-order valence-corrected chi connectivity index (χ1v) is 10.2. The van der Waals surface area contributed by atoms with E-state index in [0.29, 0.717) is 5.92 Å². The number of hydrogen-bond donors (Lipinski definition) is 0. The molecule has 0 bridgehead atoms. The molecular weight excluding hydrogens is 268 g/mol. The van der Waals surface area contributed by atoms with Gasteiger partial charge in [0.25, 0.3) is 0 Å². The van der Waals surface area contributed by atoms with Gasteiger partial charge in [-0.25, -0.2) is 5.11 Å². The molecule has 0 heterocycles. The molecule has 0 aliphatic rings. The van der Waals surface area contributed by atoms with E-state index in [1.165, 1.54) is 89.9 Å². The minimum absolute atomic E-state index is 0.310. The Labute approximate surface area is 141 Å². The van der Waals surface area contributed by atoms with Gasteiger partial charge in [0.05, 0.1) is 0 Å². The van der Waals surface area contributed by atoms with Crippen LogP contribution in [-0.4, -0.2) is 5.60 Å². The maximum absolute atomic E-state index is 11.8. The van der Waals surface area contributed by atoms with Gasteiger partial charge in [-0.05, 0) is 26.2 Å². The predicted molar refractivity (Wildman–Crippen MR) is 98.9 cm³/mol. The number of hydrogen-bond acceptors (Lipinski definition) is 0. The summed E-state index contributed by atoms with van der Waals surface area (Å²) in [6.07, 6.45) is 20.7. The van der Waals surface area contributed by atoms with Crippen LogP contribution in [0.2, 0.25) is 0 Å². The van der Waals surface area contributed by atoms with Crippen molar-refractivity contribution in [3.63, 3.8) is 0 Å². The van der Waals surface area contributed by atoms with E-state index in [2.05, 4.69) is 13.8 Å². The van der Waals surface area contributed by atoms with E-state index in [1.807, 2.05) is 13.8 Å². The van der Waals surface area contributed by atoms with E-state index >= 15 is 0 Å². The molecule has 0 N–H and O–H groups in total. The maximum atomic E-state index is 11.8.